The monoisotopic (exact) mass is 852 g/mol. The fourth-order valence-corrected chi connectivity index (χ4v) is 7.41. The van der Waals surface area contributed by atoms with Crippen LogP contribution in [-0.2, 0) is 30.4 Å². The zero-order valence-electron chi connectivity index (χ0n) is 35.5. The number of Topliss-reactive ketones (excluding diaryl/α,β-unsaturated/α-hetero) is 3. The van der Waals surface area contributed by atoms with Crippen molar-refractivity contribution < 1.29 is 39.0 Å². The molecule has 0 saturated carbocycles. The normalized spacial score (nSPS) is 13.6. The summed E-state index contributed by atoms with van der Waals surface area (Å²) in [4.78, 5) is 85.2. The Balaban J connectivity index is 1.55. The smallest absolute Gasteiger partial charge is 0.226 e. The van der Waals surface area contributed by atoms with Gasteiger partial charge in [-0.3, -0.25) is 28.8 Å². The van der Waals surface area contributed by atoms with Crippen molar-refractivity contribution in [3.63, 3.8) is 0 Å². The summed E-state index contributed by atoms with van der Waals surface area (Å²) in [6, 6.07) is 24.3. The predicted octanol–water partition coefficient (Wildman–Crippen LogP) is 6.94. The minimum Gasteiger partial charge on any atom is -0.508 e. The van der Waals surface area contributed by atoms with Gasteiger partial charge >= 0.3 is 0 Å². The Hall–Kier alpha value is -5.85. The number of ketones is 3. The summed E-state index contributed by atoms with van der Waals surface area (Å²) in [6.45, 7) is 3.59. The number of nitrogens with two attached hydrogens (primary N) is 1. The van der Waals surface area contributed by atoms with Crippen molar-refractivity contribution in [1.29, 1.82) is 0 Å². The fraction of sp³-hybridized carbons (Fsp3) is 0.375. The van der Waals surface area contributed by atoms with Gasteiger partial charge in [0.15, 0.2) is 17.3 Å². The van der Waals surface area contributed by atoms with Crippen molar-refractivity contribution in [2.24, 2.45) is 23.5 Å². The largest absolute Gasteiger partial charge is 0.508 e. The first-order valence-corrected chi connectivity index (χ1v) is 20.9. The number of phenols is 2. The van der Waals surface area contributed by atoms with Crippen LogP contribution in [0.3, 0.4) is 0 Å². The molecule has 0 fully saturated rings. The van der Waals surface area contributed by atoms with Crippen molar-refractivity contribution in [1.82, 2.24) is 15.1 Å². The Morgan fingerprint density at radius 2 is 1.21 bits per heavy atom. The van der Waals surface area contributed by atoms with Gasteiger partial charge in [-0.2, -0.15) is 0 Å². The zero-order valence-corrected chi connectivity index (χ0v) is 36.2. The lowest BCUT2D eigenvalue weighted by Gasteiger charge is -2.31. The van der Waals surface area contributed by atoms with E-state index >= 15 is 0 Å². The van der Waals surface area contributed by atoms with E-state index in [4.69, 9.17) is 17.3 Å². The maximum Gasteiger partial charge on any atom is 0.226 e. The van der Waals surface area contributed by atoms with Gasteiger partial charge in [-0.15, -0.1) is 0 Å². The summed E-state index contributed by atoms with van der Waals surface area (Å²) in [7, 11) is 4.69. The minimum atomic E-state index is -1.18. The summed E-state index contributed by atoms with van der Waals surface area (Å²) in [5.74, 6) is -4.74. The minimum absolute atomic E-state index is 0.0357. The van der Waals surface area contributed by atoms with Crippen molar-refractivity contribution in [2.45, 2.75) is 70.9 Å². The second-order valence-electron chi connectivity index (χ2n) is 15.9. The predicted molar refractivity (Wildman–Crippen MR) is 236 cm³/mol. The third-order valence-electron chi connectivity index (χ3n) is 10.8. The lowest BCUT2D eigenvalue weighted by molar-refractivity contribution is -0.142. The van der Waals surface area contributed by atoms with E-state index in [1.807, 2.05) is 24.3 Å². The molecular formula is C48H57ClN4O8. The van der Waals surface area contributed by atoms with Gasteiger partial charge in [-0.05, 0) is 84.5 Å². The molecule has 4 rings (SSSR count). The fourth-order valence-electron chi connectivity index (χ4n) is 7.28. The maximum atomic E-state index is 14.4. The first-order chi connectivity index (χ1) is 29.0. The number of unbranched alkanes of at least 4 members (excludes halogenated alkanes) is 1. The van der Waals surface area contributed by atoms with E-state index in [1.54, 1.807) is 64.3 Å². The van der Waals surface area contributed by atoms with Gasteiger partial charge in [0, 0.05) is 68.7 Å². The zero-order chi connectivity index (χ0) is 44.8. The molecule has 0 heterocycles. The van der Waals surface area contributed by atoms with Crippen LogP contribution in [0, 0.1) is 17.8 Å². The standard InChI is InChI=1S/C48H57ClN4O8/c1-30(46(59)51-41(28-32-9-21-39(54)22-10-32)43(57)27-31(2)47(60)52(3)4)26-44(58)45(36-17-23-40(55)24-18-36)53(5)48(61)37(8-6-7-25-50)29-42(56)35-13-11-33(12-14-35)34-15-19-38(49)20-16-34/h9-24,30-31,37,41,45,54-55H,6-8,25-29,50H2,1-5H3,(H,51,59)/t30-,31-,37-,41+,45+/m1/s1. The van der Waals surface area contributed by atoms with Crippen LogP contribution in [0.25, 0.3) is 11.1 Å². The highest BCUT2D eigenvalue weighted by Gasteiger charge is 2.35. The first kappa shape index (κ1) is 47.8. The number of amides is 3. The lowest BCUT2D eigenvalue weighted by Crippen LogP contribution is -2.46. The third-order valence-corrected chi connectivity index (χ3v) is 11.1. The Labute approximate surface area is 363 Å². The highest BCUT2D eigenvalue weighted by Crippen LogP contribution is 2.30. The topological polar surface area (TPSA) is 187 Å². The van der Waals surface area contributed by atoms with Crippen LogP contribution in [-0.4, -0.2) is 88.8 Å². The van der Waals surface area contributed by atoms with Crippen LogP contribution in [0.1, 0.15) is 79.9 Å². The summed E-state index contributed by atoms with van der Waals surface area (Å²) >= 11 is 6.05. The van der Waals surface area contributed by atoms with E-state index in [-0.39, 0.29) is 54.7 Å². The van der Waals surface area contributed by atoms with E-state index in [1.165, 1.54) is 53.2 Å². The van der Waals surface area contributed by atoms with Gasteiger partial charge in [0.2, 0.25) is 17.7 Å². The number of likely N-dealkylation sites (N-methyl/N-ethyl adjacent to an activating group) is 1. The van der Waals surface area contributed by atoms with Gasteiger partial charge in [-0.1, -0.05) is 92.5 Å². The van der Waals surface area contributed by atoms with Gasteiger partial charge < -0.3 is 31.1 Å². The third kappa shape index (κ3) is 13.8. The lowest BCUT2D eigenvalue weighted by atomic mass is 9.89. The number of halogens is 1. The summed E-state index contributed by atoms with van der Waals surface area (Å²) < 4.78 is 0. The quantitative estimate of drug-likeness (QED) is 0.0480. The number of rotatable bonds is 22. The van der Waals surface area contributed by atoms with Crippen molar-refractivity contribution in [3.05, 3.63) is 119 Å². The molecule has 0 unspecified atom stereocenters. The van der Waals surface area contributed by atoms with Gasteiger partial charge in [0.1, 0.15) is 17.5 Å². The van der Waals surface area contributed by atoms with Crippen LogP contribution in [0.5, 0.6) is 11.5 Å². The number of hydrogen-bond acceptors (Lipinski definition) is 9. The van der Waals surface area contributed by atoms with E-state index in [2.05, 4.69) is 5.32 Å². The summed E-state index contributed by atoms with van der Waals surface area (Å²) in [5.41, 5.74) is 9.11. The molecule has 61 heavy (non-hydrogen) atoms. The molecule has 4 aromatic rings. The second kappa shape index (κ2) is 22.7. The SMILES string of the molecule is C[C@H](CC(=O)[C@H](c1ccc(O)cc1)N(C)C(=O)[C@H](CCCCN)CC(=O)c1ccc(-c2ccc(Cl)cc2)cc1)C(=O)N[C@@H](Cc1ccc(O)cc1)C(=O)C[C@@H](C)C(=O)N(C)C. The highest BCUT2D eigenvalue weighted by molar-refractivity contribution is 6.30. The van der Waals surface area contributed by atoms with E-state index in [9.17, 15) is 39.0 Å². The van der Waals surface area contributed by atoms with Gasteiger partial charge in [-0.25, -0.2) is 0 Å². The molecule has 0 saturated heterocycles. The van der Waals surface area contributed by atoms with Crippen LogP contribution in [0.2, 0.25) is 5.02 Å². The van der Waals surface area contributed by atoms with Crippen LogP contribution in [0.4, 0.5) is 0 Å². The second-order valence-corrected chi connectivity index (χ2v) is 16.4. The number of hydrogen-bond donors (Lipinski definition) is 4. The molecule has 5 N–H and O–H groups in total. The number of benzene rings is 4. The molecule has 0 aliphatic heterocycles. The van der Waals surface area contributed by atoms with Crippen LogP contribution < -0.4 is 11.1 Å². The average molecular weight is 853 g/mol. The van der Waals surface area contributed by atoms with Crippen molar-refractivity contribution in [3.8, 4) is 22.6 Å². The number of phenolic OH excluding ortho intramolecular Hbond substituents is 2. The molecule has 12 nitrogen and oxygen atoms in total. The molecular weight excluding hydrogens is 796 g/mol. The van der Waals surface area contributed by atoms with Crippen LogP contribution in [0.15, 0.2) is 97.1 Å². The molecule has 0 aliphatic carbocycles. The van der Waals surface area contributed by atoms with E-state index < -0.39 is 47.4 Å². The number of nitrogens with one attached hydrogen (secondary N) is 1. The summed E-state index contributed by atoms with van der Waals surface area (Å²) in [5, 5.41) is 23.3. The van der Waals surface area contributed by atoms with Gasteiger partial charge in [0.05, 0.1) is 6.04 Å². The Morgan fingerprint density at radius 3 is 1.77 bits per heavy atom. The molecule has 4 aromatic carbocycles. The molecule has 0 spiro atoms. The van der Waals surface area contributed by atoms with Crippen LogP contribution >= 0.6 is 11.6 Å². The average Bonchev–Trinajstić information content (AvgIpc) is 3.24. The molecule has 3 amide bonds. The Kier molecular flexibility index (Phi) is 17.8. The molecule has 13 heteroatoms. The van der Waals surface area contributed by atoms with Gasteiger partial charge in [0.25, 0.3) is 0 Å². The number of aromatic hydroxyl groups is 2. The molecule has 0 radical (unpaired) electrons. The molecule has 0 aliphatic rings. The molecule has 324 valence electrons. The first-order valence-electron chi connectivity index (χ1n) is 20.5. The Bertz CT molecular complexity index is 2120. The Morgan fingerprint density at radius 1 is 0.672 bits per heavy atom. The maximum absolute atomic E-state index is 14.4. The molecule has 0 bridgehead atoms. The number of nitrogens with zero attached hydrogens (tertiary/aromatic N) is 2. The van der Waals surface area contributed by atoms with Crippen molar-refractivity contribution in [2.75, 3.05) is 27.7 Å². The van der Waals surface area contributed by atoms with E-state index in [0.717, 1.165) is 11.1 Å². The summed E-state index contributed by atoms with van der Waals surface area (Å²) in [6.07, 6.45) is 1.07. The van der Waals surface area contributed by atoms with E-state index in [0.29, 0.717) is 47.5 Å². The number of carbonyl (C=O) groups excluding carboxylic acids is 6. The molecule has 5 atom stereocenters. The molecule has 0 aromatic heterocycles. The van der Waals surface area contributed by atoms with Crippen molar-refractivity contribution >= 4 is 46.7 Å². The highest BCUT2D eigenvalue weighted by atomic mass is 35.5. The number of carbonyl (C=O) groups is 6.